The van der Waals surface area contributed by atoms with E-state index in [0.29, 0.717) is 38.2 Å². The van der Waals surface area contributed by atoms with Crippen LogP contribution in [0.15, 0.2) is 97.1 Å². The van der Waals surface area contributed by atoms with Gasteiger partial charge in [-0.05, 0) is 73.7 Å². The first-order valence-corrected chi connectivity index (χ1v) is 19.7. The van der Waals surface area contributed by atoms with Gasteiger partial charge in [-0.2, -0.15) is 5.10 Å². The van der Waals surface area contributed by atoms with Gasteiger partial charge in [-0.25, -0.2) is 0 Å². The molecule has 1 atom stereocenters. The van der Waals surface area contributed by atoms with Crippen molar-refractivity contribution in [3.8, 4) is 17.0 Å². The summed E-state index contributed by atoms with van der Waals surface area (Å²) in [4.78, 5) is 41.8. The second kappa shape index (κ2) is 16.4. The van der Waals surface area contributed by atoms with Crippen molar-refractivity contribution in [1.82, 2.24) is 29.5 Å². The Kier molecular flexibility index (Phi) is 10.9. The van der Waals surface area contributed by atoms with Gasteiger partial charge in [0, 0.05) is 62.5 Å². The summed E-state index contributed by atoms with van der Waals surface area (Å²) in [6.45, 7) is 7.92. The van der Waals surface area contributed by atoms with Crippen molar-refractivity contribution >= 4 is 45.2 Å². The van der Waals surface area contributed by atoms with Gasteiger partial charge in [-0.3, -0.25) is 29.3 Å². The minimum atomic E-state index is -0.475. The molecule has 1 unspecified atom stereocenters. The van der Waals surface area contributed by atoms with E-state index in [-0.39, 0.29) is 24.3 Å². The Labute approximate surface area is 327 Å². The standard InChI is InChI=1S/C45H49N7O4/c1-31-35-13-6-7-16-39(35)52(43(31)33-11-4-3-5-12-33)30-32-17-19-34(20-18-32)56-28-9-8-23-50-24-26-51(27-25-50)41(54)29-46-38-15-10-14-36-42(48-49(2)44(36)38)37-21-22-40(53)47-45(37)55/h3-7,10-20,37,46H,8-9,21-30H2,1-2H3,(H,47,53,55). The van der Waals surface area contributed by atoms with Crippen LogP contribution in [0.5, 0.6) is 5.75 Å². The van der Waals surface area contributed by atoms with E-state index in [9.17, 15) is 14.4 Å². The predicted molar refractivity (Wildman–Crippen MR) is 220 cm³/mol. The van der Waals surface area contributed by atoms with Gasteiger partial charge < -0.3 is 19.5 Å². The molecule has 0 saturated carbocycles. The molecule has 2 aliphatic rings. The van der Waals surface area contributed by atoms with E-state index in [1.165, 1.54) is 33.3 Å². The van der Waals surface area contributed by atoms with Crippen molar-refractivity contribution in [3.63, 3.8) is 0 Å². The average Bonchev–Trinajstić information content (AvgIpc) is 3.70. The minimum Gasteiger partial charge on any atom is -0.494 e. The molecule has 4 heterocycles. The van der Waals surface area contributed by atoms with Crippen molar-refractivity contribution in [1.29, 1.82) is 0 Å². The number of benzene rings is 4. The molecular formula is C45H49N7O4. The molecule has 2 aliphatic heterocycles. The number of piperidine rings is 1. The summed E-state index contributed by atoms with van der Waals surface area (Å²) in [6.07, 6.45) is 2.73. The van der Waals surface area contributed by atoms with Crippen LogP contribution < -0.4 is 15.4 Å². The number of fused-ring (bicyclic) bond motifs is 2. The van der Waals surface area contributed by atoms with E-state index < -0.39 is 5.92 Å². The Morgan fingerprint density at radius 2 is 1.62 bits per heavy atom. The number of hydrogen-bond donors (Lipinski definition) is 2. The third-order valence-electron chi connectivity index (χ3n) is 11.3. The van der Waals surface area contributed by atoms with Crippen LogP contribution in [0, 0.1) is 6.92 Å². The Morgan fingerprint density at radius 1 is 0.875 bits per heavy atom. The number of aromatic nitrogens is 3. The molecule has 0 radical (unpaired) electrons. The first-order valence-electron chi connectivity index (χ1n) is 19.7. The Balaban J connectivity index is 0.770. The van der Waals surface area contributed by atoms with Gasteiger partial charge in [0.1, 0.15) is 5.75 Å². The van der Waals surface area contributed by atoms with Crippen LogP contribution in [0.1, 0.15) is 48.4 Å². The number of piperazine rings is 1. The number of anilines is 1. The van der Waals surface area contributed by atoms with Gasteiger partial charge in [0.2, 0.25) is 17.7 Å². The molecule has 4 aromatic carbocycles. The maximum atomic E-state index is 13.2. The molecule has 56 heavy (non-hydrogen) atoms. The molecule has 288 valence electrons. The lowest BCUT2D eigenvalue weighted by Crippen LogP contribution is -2.50. The van der Waals surface area contributed by atoms with Crippen LogP contribution in [0.25, 0.3) is 33.1 Å². The lowest BCUT2D eigenvalue weighted by Gasteiger charge is -2.34. The second-order valence-electron chi connectivity index (χ2n) is 14.9. The maximum absolute atomic E-state index is 13.2. The third-order valence-corrected chi connectivity index (χ3v) is 11.3. The number of rotatable bonds is 13. The maximum Gasteiger partial charge on any atom is 0.241 e. The number of carbonyl (C=O) groups is 3. The largest absolute Gasteiger partial charge is 0.494 e. The van der Waals surface area contributed by atoms with Crippen LogP contribution in [0.4, 0.5) is 5.69 Å². The minimum absolute atomic E-state index is 0.0575. The van der Waals surface area contributed by atoms with E-state index in [2.05, 4.69) is 111 Å². The number of aryl methyl sites for hydroxylation is 2. The molecule has 11 heteroatoms. The number of nitrogens with one attached hydrogen (secondary N) is 2. The summed E-state index contributed by atoms with van der Waals surface area (Å²) in [7, 11) is 1.84. The number of para-hydroxylation sites is 2. The van der Waals surface area contributed by atoms with Gasteiger partial charge in [0.05, 0.1) is 41.7 Å². The molecule has 0 bridgehead atoms. The number of carbonyl (C=O) groups excluding carboxylic acids is 3. The molecule has 2 N–H and O–H groups in total. The number of amides is 3. The number of ether oxygens (including phenoxy) is 1. The van der Waals surface area contributed by atoms with Gasteiger partial charge in [-0.15, -0.1) is 0 Å². The first-order chi connectivity index (χ1) is 27.3. The lowest BCUT2D eigenvalue weighted by atomic mass is 9.92. The van der Waals surface area contributed by atoms with E-state index in [4.69, 9.17) is 4.74 Å². The van der Waals surface area contributed by atoms with Crippen molar-refractivity contribution in [2.75, 3.05) is 51.2 Å². The lowest BCUT2D eigenvalue weighted by molar-refractivity contribution is -0.134. The van der Waals surface area contributed by atoms with E-state index in [1.807, 2.05) is 30.1 Å². The molecule has 0 aliphatic carbocycles. The van der Waals surface area contributed by atoms with Crippen molar-refractivity contribution in [2.24, 2.45) is 7.05 Å². The average molecular weight is 752 g/mol. The van der Waals surface area contributed by atoms with Crippen molar-refractivity contribution < 1.29 is 19.1 Å². The van der Waals surface area contributed by atoms with Crippen molar-refractivity contribution in [2.45, 2.75) is 45.1 Å². The molecule has 3 amide bonds. The molecule has 2 saturated heterocycles. The number of imide groups is 1. The normalized spacial score (nSPS) is 16.4. The topological polar surface area (TPSA) is 114 Å². The quantitative estimate of drug-likeness (QED) is 0.103. The fourth-order valence-electron chi connectivity index (χ4n) is 8.33. The first kappa shape index (κ1) is 37.0. The zero-order valence-electron chi connectivity index (χ0n) is 32.2. The van der Waals surface area contributed by atoms with E-state index in [0.717, 1.165) is 61.4 Å². The van der Waals surface area contributed by atoms with Crippen LogP contribution >= 0.6 is 0 Å². The fourth-order valence-corrected chi connectivity index (χ4v) is 8.33. The molecule has 0 spiro atoms. The summed E-state index contributed by atoms with van der Waals surface area (Å²) in [5, 5.41) is 12.6. The van der Waals surface area contributed by atoms with Gasteiger partial charge in [-0.1, -0.05) is 72.8 Å². The number of unbranched alkanes of at least 4 members (excludes halogenated alkanes) is 1. The van der Waals surface area contributed by atoms with E-state index >= 15 is 0 Å². The van der Waals surface area contributed by atoms with Crippen molar-refractivity contribution in [3.05, 3.63) is 114 Å². The smallest absolute Gasteiger partial charge is 0.241 e. The van der Waals surface area contributed by atoms with Crippen LogP contribution in [-0.4, -0.2) is 87.7 Å². The summed E-state index contributed by atoms with van der Waals surface area (Å²) in [5.74, 6) is -0.0857. The van der Waals surface area contributed by atoms with Crippen LogP contribution in [-0.2, 0) is 28.0 Å². The zero-order chi connectivity index (χ0) is 38.6. The highest BCUT2D eigenvalue weighted by molar-refractivity contribution is 6.03. The Bertz CT molecular complexity index is 2360. The zero-order valence-corrected chi connectivity index (χ0v) is 32.2. The molecule has 2 fully saturated rings. The predicted octanol–water partition coefficient (Wildman–Crippen LogP) is 6.49. The second-order valence-corrected chi connectivity index (χ2v) is 14.9. The van der Waals surface area contributed by atoms with Gasteiger partial charge >= 0.3 is 0 Å². The van der Waals surface area contributed by atoms with Crippen LogP contribution in [0.3, 0.4) is 0 Å². The summed E-state index contributed by atoms with van der Waals surface area (Å²) < 4.78 is 10.3. The Morgan fingerprint density at radius 3 is 2.41 bits per heavy atom. The highest BCUT2D eigenvalue weighted by Gasteiger charge is 2.32. The SMILES string of the molecule is Cc1c(-c2ccccc2)n(Cc2ccc(OCCCCN3CCN(C(=O)CNc4cccc5c(C6CCC(=O)NC6=O)nn(C)c45)CC3)cc2)c2ccccc12. The number of hydrogen-bond acceptors (Lipinski definition) is 7. The molecule has 2 aromatic heterocycles. The molecule has 11 nitrogen and oxygen atoms in total. The monoisotopic (exact) mass is 751 g/mol. The summed E-state index contributed by atoms with van der Waals surface area (Å²) >= 11 is 0. The van der Waals surface area contributed by atoms with E-state index in [1.54, 1.807) is 4.68 Å². The fraction of sp³-hybridized carbons (Fsp3) is 0.333. The van der Waals surface area contributed by atoms with Crippen LogP contribution in [0.2, 0.25) is 0 Å². The third kappa shape index (κ3) is 7.77. The summed E-state index contributed by atoms with van der Waals surface area (Å²) in [6, 6.07) is 33.6. The molecule has 8 rings (SSSR count). The summed E-state index contributed by atoms with van der Waals surface area (Å²) in [5.41, 5.74) is 8.55. The van der Waals surface area contributed by atoms with Gasteiger partial charge in [0.25, 0.3) is 0 Å². The Hall–Kier alpha value is -5.94. The van der Waals surface area contributed by atoms with Gasteiger partial charge in [0.15, 0.2) is 0 Å². The number of nitrogens with zero attached hydrogens (tertiary/aromatic N) is 5. The highest BCUT2D eigenvalue weighted by Crippen LogP contribution is 2.35. The molecule has 6 aromatic rings. The highest BCUT2D eigenvalue weighted by atomic mass is 16.5. The molecular weight excluding hydrogens is 703 g/mol.